The maximum Gasteiger partial charge on any atom is 0.243 e. The van der Waals surface area contributed by atoms with Crippen molar-refractivity contribution in [2.24, 2.45) is 5.92 Å². The third-order valence-corrected chi connectivity index (χ3v) is 5.42. The molecule has 1 atom stereocenters. The molecule has 136 valence electrons. The van der Waals surface area contributed by atoms with Gasteiger partial charge in [-0.2, -0.15) is 0 Å². The summed E-state index contributed by atoms with van der Waals surface area (Å²) < 4.78 is 5.14. The summed E-state index contributed by atoms with van der Waals surface area (Å²) in [6.07, 6.45) is 7.16. The Morgan fingerprint density at radius 2 is 1.80 bits per heavy atom. The molecule has 1 saturated heterocycles. The number of carbonyl (C=O) groups is 2. The van der Waals surface area contributed by atoms with Crippen LogP contribution < -0.4 is 10.1 Å². The molecular formula is C20H28N2O3. The molecule has 0 radical (unpaired) electrons. The van der Waals surface area contributed by atoms with Gasteiger partial charge in [0.2, 0.25) is 11.8 Å². The molecule has 1 heterocycles. The number of likely N-dealkylation sites (tertiary alicyclic amines) is 1. The fourth-order valence-corrected chi connectivity index (χ4v) is 3.94. The molecule has 2 aliphatic rings. The zero-order valence-electron chi connectivity index (χ0n) is 15.0. The smallest absolute Gasteiger partial charge is 0.243 e. The second-order valence-electron chi connectivity index (χ2n) is 7.09. The molecule has 0 aromatic heterocycles. The van der Waals surface area contributed by atoms with Crippen molar-refractivity contribution >= 4 is 11.8 Å². The van der Waals surface area contributed by atoms with Crippen LogP contribution in [-0.2, 0) is 16.1 Å². The topological polar surface area (TPSA) is 58.6 Å². The molecule has 5 nitrogen and oxygen atoms in total. The minimum absolute atomic E-state index is 0.0301. The van der Waals surface area contributed by atoms with Gasteiger partial charge in [0.25, 0.3) is 0 Å². The van der Waals surface area contributed by atoms with Gasteiger partial charge in [-0.1, -0.05) is 31.4 Å². The Kier molecular flexibility index (Phi) is 5.95. The van der Waals surface area contributed by atoms with Gasteiger partial charge in [-0.15, -0.1) is 0 Å². The van der Waals surface area contributed by atoms with Crippen molar-refractivity contribution in [3.05, 3.63) is 29.8 Å². The molecule has 0 spiro atoms. The van der Waals surface area contributed by atoms with E-state index < -0.39 is 0 Å². The summed E-state index contributed by atoms with van der Waals surface area (Å²) in [7, 11) is 1.63. The predicted molar refractivity (Wildman–Crippen MR) is 96.2 cm³/mol. The van der Waals surface area contributed by atoms with Crippen LogP contribution in [-0.4, -0.2) is 36.4 Å². The van der Waals surface area contributed by atoms with Crippen molar-refractivity contribution in [3.8, 4) is 5.75 Å². The van der Waals surface area contributed by atoms with Crippen LogP contribution in [0.3, 0.4) is 0 Å². The van der Waals surface area contributed by atoms with Crippen molar-refractivity contribution in [1.29, 1.82) is 0 Å². The monoisotopic (exact) mass is 344 g/mol. The molecular weight excluding hydrogens is 316 g/mol. The van der Waals surface area contributed by atoms with Crippen LogP contribution in [0.5, 0.6) is 5.75 Å². The molecule has 1 N–H and O–H groups in total. The Labute approximate surface area is 149 Å². The average molecular weight is 344 g/mol. The SMILES string of the molecule is COc1ccc(CNC(=O)[C@H]2CCCN2C(=O)C2CCCCC2)cc1. The lowest BCUT2D eigenvalue weighted by Gasteiger charge is -2.30. The van der Waals surface area contributed by atoms with Crippen LogP contribution in [0.1, 0.15) is 50.5 Å². The number of rotatable bonds is 5. The first-order valence-electron chi connectivity index (χ1n) is 9.40. The second-order valence-corrected chi connectivity index (χ2v) is 7.09. The summed E-state index contributed by atoms with van der Waals surface area (Å²) in [6.45, 7) is 1.20. The second kappa shape index (κ2) is 8.37. The van der Waals surface area contributed by atoms with E-state index in [-0.39, 0.29) is 23.8 Å². The first kappa shape index (κ1) is 17.8. The molecule has 0 bridgehead atoms. The highest BCUT2D eigenvalue weighted by atomic mass is 16.5. The molecule has 1 aliphatic heterocycles. The lowest BCUT2D eigenvalue weighted by molar-refractivity contribution is -0.142. The highest BCUT2D eigenvalue weighted by molar-refractivity contribution is 5.89. The van der Waals surface area contributed by atoms with Crippen LogP contribution in [0.15, 0.2) is 24.3 Å². The first-order chi connectivity index (χ1) is 12.2. The summed E-state index contributed by atoms with van der Waals surface area (Å²) >= 11 is 0. The highest BCUT2D eigenvalue weighted by Gasteiger charge is 2.37. The Hall–Kier alpha value is -2.04. The van der Waals surface area contributed by atoms with E-state index in [0.717, 1.165) is 56.4 Å². The number of carbonyl (C=O) groups excluding carboxylic acids is 2. The number of nitrogens with zero attached hydrogens (tertiary/aromatic N) is 1. The van der Waals surface area contributed by atoms with E-state index in [4.69, 9.17) is 4.74 Å². The first-order valence-corrected chi connectivity index (χ1v) is 9.40. The standard InChI is InChI=1S/C20H28N2O3/c1-25-17-11-9-15(10-12-17)14-21-19(23)18-8-5-13-22(18)20(24)16-6-3-2-4-7-16/h9-12,16,18H,2-8,13-14H2,1H3,(H,21,23)/t18-/m1/s1. The van der Waals surface area contributed by atoms with E-state index in [1.54, 1.807) is 7.11 Å². The van der Waals surface area contributed by atoms with Crippen molar-refractivity contribution in [3.63, 3.8) is 0 Å². The van der Waals surface area contributed by atoms with E-state index in [1.807, 2.05) is 29.2 Å². The largest absolute Gasteiger partial charge is 0.497 e. The molecule has 1 saturated carbocycles. The fourth-order valence-electron chi connectivity index (χ4n) is 3.94. The third kappa shape index (κ3) is 4.33. The predicted octanol–water partition coefficient (Wildman–Crippen LogP) is 2.88. The number of hydrogen-bond acceptors (Lipinski definition) is 3. The molecule has 3 rings (SSSR count). The van der Waals surface area contributed by atoms with Gasteiger partial charge in [0.1, 0.15) is 11.8 Å². The lowest BCUT2D eigenvalue weighted by Crippen LogP contribution is -2.47. The summed E-state index contributed by atoms with van der Waals surface area (Å²) in [5.74, 6) is 1.10. The molecule has 25 heavy (non-hydrogen) atoms. The fraction of sp³-hybridized carbons (Fsp3) is 0.600. The van der Waals surface area contributed by atoms with Gasteiger partial charge in [0.15, 0.2) is 0 Å². The molecule has 2 amide bonds. The Morgan fingerprint density at radius 1 is 1.08 bits per heavy atom. The minimum Gasteiger partial charge on any atom is -0.497 e. The normalized spacial score (nSPS) is 21.2. The summed E-state index contributed by atoms with van der Waals surface area (Å²) in [5.41, 5.74) is 1.03. The number of nitrogens with one attached hydrogen (secondary N) is 1. The van der Waals surface area contributed by atoms with Gasteiger partial charge in [0, 0.05) is 19.0 Å². The van der Waals surface area contributed by atoms with Crippen LogP contribution in [0.4, 0.5) is 0 Å². The quantitative estimate of drug-likeness (QED) is 0.893. The van der Waals surface area contributed by atoms with E-state index in [2.05, 4.69) is 5.32 Å². The van der Waals surface area contributed by atoms with Gasteiger partial charge in [-0.25, -0.2) is 0 Å². The number of hydrogen-bond donors (Lipinski definition) is 1. The van der Waals surface area contributed by atoms with Crippen LogP contribution in [0.25, 0.3) is 0 Å². The number of amides is 2. The molecule has 1 aromatic rings. The van der Waals surface area contributed by atoms with E-state index >= 15 is 0 Å². The number of ether oxygens (including phenoxy) is 1. The van der Waals surface area contributed by atoms with Crippen molar-refractivity contribution < 1.29 is 14.3 Å². The maximum atomic E-state index is 12.8. The maximum absolute atomic E-state index is 12.8. The van der Waals surface area contributed by atoms with Crippen molar-refractivity contribution in [1.82, 2.24) is 10.2 Å². The Balaban J connectivity index is 1.55. The Morgan fingerprint density at radius 3 is 2.48 bits per heavy atom. The molecule has 2 fully saturated rings. The van der Waals surface area contributed by atoms with E-state index in [1.165, 1.54) is 6.42 Å². The minimum atomic E-state index is -0.298. The summed E-state index contributed by atoms with van der Waals surface area (Å²) in [6, 6.07) is 7.36. The molecule has 1 aromatic carbocycles. The molecule has 0 unspecified atom stereocenters. The average Bonchev–Trinajstić information content (AvgIpc) is 3.16. The van der Waals surface area contributed by atoms with Gasteiger partial charge >= 0.3 is 0 Å². The lowest BCUT2D eigenvalue weighted by atomic mass is 9.88. The molecule has 1 aliphatic carbocycles. The zero-order chi connectivity index (χ0) is 17.6. The van der Waals surface area contributed by atoms with Gasteiger partial charge in [-0.05, 0) is 43.4 Å². The van der Waals surface area contributed by atoms with Crippen LogP contribution >= 0.6 is 0 Å². The number of methoxy groups -OCH3 is 1. The number of benzene rings is 1. The summed E-state index contributed by atoms with van der Waals surface area (Å²) in [4.78, 5) is 27.2. The van der Waals surface area contributed by atoms with Gasteiger partial charge in [-0.3, -0.25) is 9.59 Å². The Bertz CT molecular complexity index is 593. The van der Waals surface area contributed by atoms with Gasteiger partial charge < -0.3 is 15.0 Å². The van der Waals surface area contributed by atoms with Crippen LogP contribution in [0.2, 0.25) is 0 Å². The van der Waals surface area contributed by atoms with Crippen molar-refractivity contribution in [2.45, 2.75) is 57.5 Å². The van der Waals surface area contributed by atoms with Crippen molar-refractivity contribution in [2.75, 3.05) is 13.7 Å². The summed E-state index contributed by atoms with van der Waals surface area (Å²) in [5, 5.41) is 2.99. The highest BCUT2D eigenvalue weighted by Crippen LogP contribution is 2.28. The van der Waals surface area contributed by atoms with E-state index in [9.17, 15) is 9.59 Å². The zero-order valence-corrected chi connectivity index (χ0v) is 15.0. The van der Waals surface area contributed by atoms with E-state index in [0.29, 0.717) is 6.54 Å². The van der Waals surface area contributed by atoms with Crippen LogP contribution in [0, 0.1) is 5.92 Å². The third-order valence-electron chi connectivity index (χ3n) is 5.42. The molecule has 5 heteroatoms. The van der Waals surface area contributed by atoms with Gasteiger partial charge in [0.05, 0.1) is 7.11 Å².